The van der Waals surface area contributed by atoms with Crippen LogP contribution in [0.5, 0.6) is 5.75 Å². The summed E-state index contributed by atoms with van der Waals surface area (Å²) in [5, 5.41) is 15.4. The van der Waals surface area contributed by atoms with E-state index in [2.05, 4.69) is 65.9 Å². The first-order valence-electron chi connectivity index (χ1n) is 15.5. The van der Waals surface area contributed by atoms with E-state index in [9.17, 15) is 19.1 Å². The van der Waals surface area contributed by atoms with Crippen molar-refractivity contribution in [3.8, 4) is 16.9 Å². The SMILES string of the molecule is C[C@H]1CN([C@@H](C)CO)C(=O)Cc2cc(NC(=O)Nc3ccc(F)cc3)ccc2O[C@H]1CN(C)Cc1ccc(-c2ccccc2)cc1. The Bertz CT molecular complexity index is 1620. The highest BCUT2D eigenvalue weighted by Crippen LogP contribution is 2.30. The molecule has 3 N–H and O–H groups in total. The van der Waals surface area contributed by atoms with Gasteiger partial charge in [0.2, 0.25) is 5.91 Å². The van der Waals surface area contributed by atoms with Gasteiger partial charge in [0, 0.05) is 42.5 Å². The summed E-state index contributed by atoms with van der Waals surface area (Å²) in [6, 6.07) is 28.7. The first-order chi connectivity index (χ1) is 22.2. The molecular formula is C37H41FN4O4. The summed E-state index contributed by atoms with van der Waals surface area (Å²) in [6.07, 6.45) is -0.204. The van der Waals surface area contributed by atoms with Gasteiger partial charge in [-0.25, -0.2) is 9.18 Å². The Morgan fingerprint density at radius 3 is 2.33 bits per heavy atom. The molecule has 0 aromatic heterocycles. The normalized spacial score (nSPS) is 17.3. The molecule has 0 aliphatic carbocycles. The van der Waals surface area contributed by atoms with E-state index >= 15 is 0 Å². The maximum atomic E-state index is 13.5. The van der Waals surface area contributed by atoms with Crippen LogP contribution in [0.3, 0.4) is 0 Å². The Balaban J connectivity index is 1.32. The maximum absolute atomic E-state index is 13.5. The van der Waals surface area contributed by atoms with Crippen LogP contribution >= 0.6 is 0 Å². The molecule has 0 saturated carbocycles. The van der Waals surface area contributed by atoms with Crippen molar-refractivity contribution in [1.82, 2.24) is 9.80 Å². The Hall–Kier alpha value is -4.73. The molecule has 8 nitrogen and oxygen atoms in total. The number of hydrogen-bond acceptors (Lipinski definition) is 5. The molecule has 4 aromatic carbocycles. The first kappa shape index (κ1) is 32.7. The van der Waals surface area contributed by atoms with Gasteiger partial charge in [0.25, 0.3) is 0 Å². The number of ether oxygens (including phenoxy) is 1. The van der Waals surface area contributed by atoms with Gasteiger partial charge in [0.15, 0.2) is 0 Å². The molecule has 0 unspecified atom stereocenters. The average Bonchev–Trinajstić information content (AvgIpc) is 3.09. The molecule has 240 valence electrons. The number of nitrogens with zero attached hydrogens (tertiary/aromatic N) is 2. The van der Waals surface area contributed by atoms with Crippen molar-refractivity contribution in [3.05, 3.63) is 114 Å². The molecule has 0 fully saturated rings. The van der Waals surface area contributed by atoms with Gasteiger partial charge in [-0.05, 0) is 73.1 Å². The Labute approximate surface area is 269 Å². The number of aliphatic hydroxyl groups excluding tert-OH is 1. The summed E-state index contributed by atoms with van der Waals surface area (Å²) in [7, 11) is 2.06. The van der Waals surface area contributed by atoms with Crippen LogP contribution in [0.4, 0.5) is 20.6 Å². The molecule has 3 amide bonds. The van der Waals surface area contributed by atoms with Crippen molar-refractivity contribution < 1.29 is 23.8 Å². The molecule has 0 saturated heterocycles. The lowest BCUT2D eigenvalue weighted by atomic mass is 10.0. The highest BCUT2D eigenvalue weighted by atomic mass is 19.1. The van der Waals surface area contributed by atoms with Crippen molar-refractivity contribution >= 4 is 23.3 Å². The highest BCUT2D eigenvalue weighted by Gasteiger charge is 2.31. The predicted molar refractivity (Wildman–Crippen MR) is 179 cm³/mol. The molecule has 0 bridgehead atoms. The van der Waals surface area contributed by atoms with Crippen LogP contribution in [-0.4, -0.2) is 65.7 Å². The van der Waals surface area contributed by atoms with Gasteiger partial charge in [-0.3, -0.25) is 9.69 Å². The second-order valence-electron chi connectivity index (χ2n) is 12.1. The summed E-state index contributed by atoms with van der Waals surface area (Å²) >= 11 is 0. The number of aliphatic hydroxyl groups is 1. The largest absolute Gasteiger partial charge is 0.488 e. The number of fused-ring (bicyclic) bond motifs is 1. The number of anilines is 2. The number of urea groups is 1. The zero-order valence-electron chi connectivity index (χ0n) is 26.4. The number of nitrogens with one attached hydrogen (secondary N) is 2. The van der Waals surface area contributed by atoms with Crippen LogP contribution in [0.25, 0.3) is 11.1 Å². The maximum Gasteiger partial charge on any atom is 0.323 e. The number of halogens is 1. The highest BCUT2D eigenvalue weighted by molar-refractivity contribution is 6.00. The Morgan fingerprint density at radius 2 is 1.63 bits per heavy atom. The smallest absolute Gasteiger partial charge is 0.323 e. The minimum atomic E-state index is -0.498. The van der Waals surface area contributed by atoms with Gasteiger partial charge in [-0.1, -0.05) is 61.5 Å². The molecule has 9 heteroatoms. The lowest BCUT2D eigenvalue weighted by Crippen LogP contribution is -2.47. The van der Waals surface area contributed by atoms with Gasteiger partial charge in [-0.2, -0.15) is 0 Å². The molecule has 3 atom stereocenters. The predicted octanol–water partition coefficient (Wildman–Crippen LogP) is 6.42. The molecule has 5 rings (SSSR count). The Kier molecular flexibility index (Phi) is 10.7. The standard InChI is InChI=1S/C37H41FN4O4/c1-25-21-42(26(2)24-43)36(44)20-30-19-33(40-37(45)39-32-15-13-31(38)14-16-32)17-18-34(30)46-35(25)23-41(3)22-27-9-11-29(12-10-27)28-7-5-4-6-8-28/h4-19,25-26,35,43H,20-24H2,1-3H3,(H2,39,40,45)/t25-,26-,35-/m0/s1. The van der Waals surface area contributed by atoms with Crippen LogP contribution in [0.15, 0.2) is 97.1 Å². The number of amides is 3. The van der Waals surface area contributed by atoms with Crippen LogP contribution in [0.2, 0.25) is 0 Å². The van der Waals surface area contributed by atoms with E-state index in [0.29, 0.717) is 35.8 Å². The lowest BCUT2D eigenvalue weighted by molar-refractivity contribution is -0.134. The van der Waals surface area contributed by atoms with Crippen LogP contribution in [0.1, 0.15) is 25.0 Å². The van der Waals surface area contributed by atoms with Gasteiger partial charge in [-0.15, -0.1) is 0 Å². The average molecular weight is 625 g/mol. The molecular weight excluding hydrogens is 583 g/mol. The van der Waals surface area contributed by atoms with E-state index in [4.69, 9.17) is 4.74 Å². The summed E-state index contributed by atoms with van der Waals surface area (Å²) < 4.78 is 19.9. The van der Waals surface area contributed by atoms with Gasteiger partial charge >= 0.3 is 6.03 Å². The van der Waals surface area contributed by atoms with Crippen LogP contribution < -0.4 is 15.4 Å². The zero-order chi connectivity index (χ0) is 32.6. The van der Waals surface area contributed by atoms with E-state index in [-0.39, 0.29) is 37.0 Å². The third kappa shape index (κ3) is 8.50. The topological polar surface area (TPSA) is 94.1 Å². The number of rotatable bonds is 9. The van der Waals surface area contributed by atoms with Gasteiger partial charge < -0.3 is 25.4 Å². The minimum absolute atomic E-state index is 0.0360. The van der Waals surface area contributed by atoms with Gasteiger partial charge in [0.05, 0.1) is 19.1 Å². The number of likely N-dealkylation sites (N-methyl/N-ethyl adjacent to an activating group) is 1. The van der Waals surface area contributed by atoms with Crippen LogP contribution in [-0.2, 0) is 17.8 Å². The van der Waals surface area contributed by atoms with Crippen molar-refractivity contribution in [2.45, 2.75) is 39.0 Å². The third-order valence-corrected chi connectivity index (χ3v) is 8.28. The zero-order valence-corrected chi connectivity index (χ0v) is 26.4. The molecule has 1 aliphatic rings. The number of benzene rings is 4. The van der Waals surface area contributed by atoms with E-state index < -0.39 is 11.8 Å². The second-order valence-corrected chi connectivity index (χ2v) is 12.1. The summed E-state index contributed by atoms with van der Waals surface area (Å²) in [6.45, 7) is 5.51. The monoisotopic (exact) mass is 624 g/mol. The summed E-state index contributed by atoms with van der Waals surface area (Å²) in [5.41, 5.74) is 5.09. The first-order valence-corrected chi connectivity index (χ1v) is 15.5. The lowest BCUT2D eigenvalue weighted by Gasteiger charge is -2.34. The van der Waals surface area contributed by atoms with Crippen molar-refractivity contribution in [3.63, 3.8) is 0 Å². The Morgan fingerprint density at radius 1 is 0.978 bits per heavy atom. The number of hydrogen-bond donors (Lipinski definition) is 3. The van der Waals surface area contributed by atoms with E-state index in [1.54, 1.807) is 23.1 Å². The van der Waals surface area contributed by atoms with Crippen molar-refractivity contribution in [2.24, 2.45) is 5.92 Å². The molecule has 0 radical (unpaired) electrons. The van der Waals surface area contributed by atoms with E-state index in [0.717, 1.165) is 6.54 Å². The molecule has 0 spiro atoms. The van der Waals surface area contributed by atoms with Gasteiger partial charge in [0.1, 0.15) is 17.7 Å². The second kappa shape index (κ2) is 15.0. The molecule has 1 aliphatic heterocycles. The summed E-state index contributed by atoms with van der Waals surface area (Å²) in [5.74, 6) is 0.0210. The fraction of sp³-hybridized carbons (Fsp3) is 0.297. The fourth-order valence-electron chi connectivity index (χ4n) is 5.67. The minimum Gasteiger partial charge on any atom is -0.488 e. The van der Waals surface area contributed by atoms with Crippen molar-refractivity contribution in [2.75, 3.05) is 37.4 Å². The third-order valence-electron chi connectivity index (χ3n) is 8.28. The van der Waals surface area contributed by atoms with Crippen molar-refractivity contribution in [1.29, 1.82) is 0 Å². The fourth-order valence-corrected chi connectivity index (χ4v) is 5.67. The molecule has 46 heavy (non-hydrogen) atoms. The summed E-state index contributed by atoms with van der Waals surface area (Å²) in [4.78, 5) is 30.1. The van der Waals surface area contributed by atoms with E-state index in [1.807, 2.05) is 25.1 Å². The quantitative estimate of drug-likeness (QED) is 0.200. The number of carbonyl (C=O) groups excluding carboxylic acids is 2. The van der Waals surface area contributed by atoms with E-state index in [1.165, 1.54) is 41.0 Å². The van der Waals surface area contributed by atoms with Crippen LogP contribution in [0, 0.1) is 11.7 Å². The molecule has 1 heterocycles. The molecule has 4 aromatic rings. The number of carbonyl (C=O) groups is 2.